The molecule has 9 nitrogen and oxygen atoms in total. The molecular formula is C27H27N3O6. The van der Waals surface area contributed by atoms with Crippen LogP contribution < -0.4 is 10.1 Å². The number of aromatic nitrogens is 1. The standard InChI is InChI=1S/C27H27N3O6/c31-26(32)18-30(27(33)35-19-20-7-2-1-3-8-20)17-21-9-6-10-22(15-21)34-14-13-28-16-25-29-23-11-4-5-12-24(23)36-25/h1-12,15,28H,13-14,16-19H2,(H,31,32). The fourth-order valence-corrected chi connectivity index (χ4v) is 3.54. The number of benzene rings is 3. The normalized spacial score (nSPS) is 10.8. The molecule has 4 rings (SSSR count). The Balaban J connectivity index is 1.25. The lowest BCUT2D eigenvalue weighted by Gasteiger charge is -2.20. The fourth-order valence-electron chi connectivity index (χ4n) is 3.54. The number of fused-ring (bicyclic) bond motifs is 1. The molecule has 1 heterocycles. The Hall–Kier alpha value is -4.37. The van der Waals surface area contributed by atoms with E-state index in [0.29, 0.717) is 31.3 Å². The van der Waals surface area contributed by atoms with Crippen molar-refractivity contribution in [2.45, 2.75) is 19.7 Å². The van der Waals surface area contributed by atoms with Crippen molar-refractivity contribution >= 4 is 23.2 Å². The van der Waals surface area contributed by atoms with Crippen molar-refractivity contribution in [3.05, 3.63) is 95.9 Å². The van der Waals surface area contributed by atoms with Gasteiger partial charge in [0.15, 0.2) is 5.58 Å². The Morgan fingerprint density at radius 2 is 1.75 bits per heavy atom. The number of amides is 1. The molecule has 0 unspecified atom stereocenters. The van der Waals surface area contributed by atoms with Crippen LogP contribution in [0.3, 0.4) is 0 Å². The molecule has 0 radical (unpaired) electrons. The minimum absolute atomic E-state index is 0.0650. The molecule has 4 aromatic rings. The molecule has 0 atom stereocenters. The second-order valence-corrected chi connectivity index (χ2v) is 8.04. The number of nitrogens with one attached hydrogen (secondary N) is 1. The van der Waals surface area contributed by atoms with E-state index in [4.69, 9.17) is 13.9 Å². The van der Waals surface area contributed by atoms with E-state index in [1.165, 1.54) is 0 Å². The van der Waals surface area contributed by atoms with E-state index in [1.54, 1.807) is 24.3 Å². The van der Waals surface area contributed by atoms with Gasteiger partial charge in [-0.3, -0.25) is 9.69 Å². The highest BCUT2D eigenvalue weighted by Gasteiger charge is 2.19. The van der Waals surface area contributed by atoms with Crippen LogP contribution in [-0.2, 0) is 29.2 Å². The summed E-state index contributed by atoms with van der Waals surface area (Å²) in [6.45, 7) is 1.12. The van der Waals surface area contributed by atoms with Gasteiger partial charge in [0.2, 0.25) is 5.89 Å². The Labute approximate surface area is 208 Å². The van der Waals surface area contributed by atoms with Crippen LogP contribution in [0.4, 0.5) is 4.79 Å². The predicted molar refractivity (Wildman–Crippen MR) is 132 cm³/mol. The summed E-state index contributed by atoms with van der Waals surface area (Å²) in [5, 5.41) is 12.5. The summed E-state index contributed by atoms with van der Waals surface area (Å²) in [6, 6.07) is 24.0. The summed E-state index contributed by atoms with van der Waals surface area (Å²) in [4.78, 5) is 29.4. The van der Waals surface area contributed by atoms with Crippen molar-refractivity contribution in [2.75, 3.05) is 19.7 Å². The highest BCUT2D eigenvalue weighted by Crippen LogP contribution is 2.17. The van der Waals surface area contributed by atoms with E-state index < -0.39 is 18.6 Å². The maximum absolute atomic E-state index is 12.5. The van der Waals surface area contributed by atoms with Crippen LogP contribution in [0.2, 0.25) is 0 Å². The summed E-state index contributed by atoms with van der Waals surface area (Å²) in [5.41, 5.74) is 3.12. The summed E-state index contributed by atoms with van der Waals surface area (Å²) in [5.74, 6) is 0.101. The first-order chi connectivity index (χ1) is 17.6. The quantitative estimate of drug-likeness (QED) is 0.284. The third kappa shape index (κ3) is 7.31. The summed E-state index contributed by atoms with van der Waals surface area (Å²) >= 11 is 0. The predicted octanol–water partition coefficient (Wildman–Crippen LogP) is 4.22. The van der Waals surface area contributed by atoms with Gasteiger partial charge in [0.1, 0.15) is 31.0 Å². The van der Waals surface area contributed by atoms with Crippen molar-refractivity contribution in [3.8, 4) is 5.75 Å². The van der Waals surface area contributed by atoms with Crippen molar-refractivity contribution in [1.29, 1.82) is 0 Å². The number of hydrogen-bond acceptors (Lipinski definition) is 7. The number of carbonyl (C=O) groups excluding carboxylic acids is 1. The largest absolute Gasteiger partial charge is 0.492 e. The Morgan fingerprint density at radius 1 is 0.972 bits per heavy atom. The molecule has 0 saturated heterocycles. The first-order valence-electron chi connectivity index (χ1n) is 11.5. The topological polar surface area (TPSA) is 114 Å². The molecule has 0 spiro atoms. The van der Waals surface area contributed by atoms with Gasteiger partial charge in [-0.15, -0.1) is 0 Å². The van der Waals surface area contributed by atoms with E-state index in [9.17, 15) is 14.7 Å². The zero-order chi connectivity index (χ0) is 25.2. The molecule has 9 heteroatoms. The first kappa shape index (κ1) is 24.7. The third-order valence-electron chi connectivity index (χ3n) is 5.22. The number of carboxylic acids is 1. The molecule has 0 aliphatic rings. The number of aliphatic carboxylic acids is 1. The number of nitrogens with zero attached hydrogens (tertiary/aromatic N) is 2. The van der Waals surface area contributed by atoms with Gasteiger partial charge in [-0.1, -0.05) is 54.6 Å². The molecule has 0 fully saturated rings. The van der Waals surface area contributed by atoms with Crippen LogP contribution >= 0.6 is 0 Å². The van der Waals surface area contributed by atoms with Crippen molar-refractivity contribution in [1.82, 2.24) is 15.2 Å². The Morgan fingerprint density at radius 3 is 2.56 bits per heavy atom. The Bertz CT molecular complexity index is 1260. The van der Waals surface area contributed by atoms with Gasteiger partial charge < -0.3 is 24.3 Å². The van der Waals surface area contributed by atoms with Crippen LogP contribution in [0.5, 0.6) is 5.75 Å². The first-order valence-corrected chi connectivity index (χ1v) is 11.5. The Kier molecular flexibility index (Phi) is 8.50. The van der Waals surface area contributed by atoms with Gasteiger partial charge in [0.25, 0.3) is 0 Å². The number of carboxylic acid groups (broad SMARTS) is 1. The average molecular weight is 490 g/mol. The minimum Gasteiger partial charge on any atom is -0.492 e. The van der Waals surface area contributed by atoms with Gasteiger partial charge in [-0.05, 0) is 35.4 Å². The van der Waals surface area contributed by atoms with Crippen molar-refractivity contribution in [2.24, 2.45) is 0 Å². The molecule has 0 bridgehead atoms. The maximum atomic E-state index is 12.5. The van der Waals surface area contributed by atoms with Crippen LogP contribution in [0.25, 0.3) is 11.1 Å². The zero-order valence-corrected chi connectivity index (χ0v) is 19.6. The molecule has 0 aliphatic heterocycles. The highest BCUT2D eigenvalue weighted by molar-refractivity contribution is 5.76. The average Bonchev–Trinajstić information content (AvgIpc) is 3.30. The van der Waals surface area contributed by atoms with E-state index in [1.807, 2.05) is 54.6 Å². The van der Waals surface area contributed by atoms with Crippen LogP contribution in [0.1, 0.15) is 17.0 Å². The zero-order valence-electron chi connectivity index (χ0n) is 19.6. The number of rotatable bonds is 12. The van der Waals surface area contributed by atoms with Crippen LogP contribution in [-0.4, -0.2) is 46.7 Å². The summed E-state index contributed by atoms with van der Waals surface area (Å²) in [7, 11) is 0. The molecule has 36 heavy (non-hydrogen) atoms. The highest BCUT2D eigenvalue weighted by atomic mass is 16.6. The summed E-state index contributed by atoms with van der Waals surface area (Å²) in [6.07, 6.45) is -0.698. The lowest BCUT2D eigenvalue weighted by Crippen LogP contribution is -2.35. The minimum atomic E-state index is -1.12. The van der Waals surface area contributed by atoms with Gasteiger partial charge in [0, 0.05) is 13.1 Å². The number of para-hydroxylation sites is 2. The van der Waals surface area contributed by atoms with Crippen LogP contribution in [0.15, 0.2) is 83.3 Å². The second-order valence-electron chi connectivity index (χ2n) is 8.04. The van der Waals surface area contributed by atoms with Gasteiger partial charge in [-0.25, -0.2) is 9.78 Å². The number of hydrogen-bond donors (Lipinski definition) is 2. The molecule has 2 N–H and O–H groups in total. The maximum Gasteiger partial charge on any atom is 0.410 e. The summed E-state index contributed by atoms with van der Waals surface area (Å²) < 4.78 is 16.8. The van der Waals surface area contributed by atoms with Gasteiger partial charge in [-0.2, -0.15) is 0 Å². The third-order valence-corrected chi connectivity index (χ3v) is 5.22. The lowest BCUT2D eigenvalue weighted by molar-refractivity contribution is -0.138. The van der Waals surface area contributed by atoms with Crippen molar-refractivity contribution in [3.63, 3.8) is 0 Å². The van der Waals surface area contributed by atoms with Crippen molar-refractivity contribution < 1.29 is 28.6 Å². The number of oxazole rings is 1. The molecule has 0 aliphatic carbocycles. The molecular weight excluding hydrogens is 462 g/mol. The molecule has 0 saturated carbocycles. The smallest absolute Gasteiger partial charge is 0.410 e. The molecule has 186 valence electrons. The molecule has 3 aromatic carbocycles. The number of carbonyl (C=O) groups is 2. The lowest BCUT2D eigenvalue weighted by atomic mass is 10.2. The molecule has 1 aromatic heterocycles. The van der Waals surface area contributed by atoms with E-state index >= 15 is 0 Å². The fraction of sp³-hybridized carbons (Fsp3) is 0.222. The van der Waals surface area contributed by atoms with Crippen LogP contribution in [0, 0.1) is 0 Å². The SMILES string of the molecule is O=C(O)CN(Cc1cccc(OCCNCc2nc3ccccc3o2)c1)C(=O)OCc1ccccc1. The molecule has 1 amide bonds. The van der Waals surface area contributed by atoms with Gasteiger partial charge >= 0.3 is 12.1 Å². The number of ether oxygens (including phenoxy) is 2. The second kappa shape index (κ2) is 12.4. The monoisotopic (exact) mass is 489 g/mol. The van der Waals surface area contributed by atoms with E-state index in [0.717, 1.165) is 27.1 Å². The van der Waals surface area contributed by atoms with E-state index in [-0.39, 0.29) is 13.2 Å². The van der Waals surface area contributed by atoms with Gasteiger partial charge in [0.05, 0.1) is 6.54 Å². The van der Waals surface area contributed by atoms with E-state index in [2.05, 4.69) is 10.3 Å².